The summed E-state index contributed by atoms with van der Waals surface area (Å²) in [6.07, 6.45) is 0. The van der Waals surface area contributed by atoms with Crippen molar-refractivity contribution in [2.45, 2.75) is 13.8 Å². The molecule has 0 aromatic carbocycles. The third kappa shape index (κ3) is 2.91. The minimum atomic E-state index is -1.66. The molecule has 0 atom stereocenters. The van der Waals surface area contributed by atoms with Gasteiger partial charge in [-0.3, -0.25) is 5.14 Å². The van der Waals surface area contributed by atoms with Crippen molar-refractivity contribution in [3.05, 3.63) is 0 Å². The van der Waals surface area contributed by atoms with Crippen LogP contribution in [-0.4, -0.2) is 16.1 Å². The average Bonchev–Trinajstić information content (AvgIpc) is 1.68. The Hall–Kier alpha value is 0.270. The summed E-state index contributed by atoms with van der Waals surface area (Å²) in [5.74, 6) is 1.42. The molecule has 0 aliphatic rings. The van der Waals surface area contributed by atoms with Gasteiger partial charge in [0.1, 0.15) is 0 Å². The molecule has 0 amide bonds. The van der Waals surface area contributed by atoms with Gasteiger partial charge in [0.15, 0.2) is 0 Å². The highest BCUT2D eigenvalue weighted by Crippen LogP contribution is 2.31. The summed E-state index contributed by atoms with van der Waals surface area (Å²) >= 11 is 0. The number of rotatable bonds is 2. The van der Waals surface area contributed by atoms with Crippen LogP contribution in [0.1, 0.15) is 13.8 Å². The van der Waals surface area contributed by atoms with Crippen molar-refractivity contribution in [3.8, 4) is 0 Å². The van der Waals surface area contributed by atoms with E-state index in [1.165, 1.54) is 0 Å². The van der Waals surface area contributed by atoms with Crippen LogP contribution in [0, 0.1) is 0 Å². The van der Waals surface area contributed by atoms with Crippen molar-refractivity contribution < 1.29 is 4.55 Å². The maximum absolute atomic E-state index is 8.99. The zero-order valence-electron chi connectivity index (χ0n) is 4.85. The van der Waals surface area contributed by atoms with E-state index < -0.39 is 10.5 Å². The standard InChI is InChI=1S/C4H13NOS/c1-3-7(5,6)4-2/h6H,3-5H2,1-2H3. The molecule has 0 heterocycles. The third-order valence-corrected chi connectivity index (χ3v) is 3.00. The first kappa shape index (κ1) is 7.27. The zero-order chi connectivity index (χ0) is 5.91. The molecular weight excluding hydrogens is 110 g/mol. The molecule has 0 saturated carbocycles. The second-order valence-corrected chi connectivity index (χ2v) is 4.44. The van der Waals surface area contributed by atoms with Crippen LogP contribution < -0.4 is 5.14 Å². The molecule has 0 aliphatic carbocycles. The average molecular weight is 123 g/mol. The zero-order valence-corrected chi connectivity index (χ0v) is 5.66. The molecule has 0 radical (unpaired) electrons. The van der Waals surface area contributed by atoms with Crippen LogP contribution in [0.5, 0.6) is 0 Å². The van der Waals surface area contributed by atoms with Gasteiger partial charge < -0.3 is 4.55 Å². The fraction of sp³-hybridized carbons (Fsp3) is 1.00. The first-order valence-corrected chi connectivity index (χ1v) is 4.40. The largest absolute Gasteiger partial charge is 0.339 e. The molecule has 0 saturated heterocycles. The Bertz CT molecular complexity index is 49.7. The lowest BCUT2D eigenvalue weighted by atomic mass is 11.0. The Labute approximate surface area is 46.4 Å². The highest BCUT2D eigenvalue weighted by atomic mass is 32.3. The Balaban J connectivity index is 3.36. The predicted octanol–water partition coefficient (Wildman–Crippen LogP) is 1.18. The molecule has 46 valence electrons. The highest BCUT2D eigenvalue weighted by Gasteiger charge is 2.05. The van der Waals surface area contributed by atoms with E-state index in [0.29, 0.717) is 11.5 Å². The van der Waals surface area contributed by atoms with E-state index in [0.717, 1.165) is 0 Å². The van der Waals surface area contributed by atoms with Crippen molar-refractivity contribution in [1.82, 2.24) is 0 Å². The van der Waals surface area contributed by atoms with E-state index >= 15 is 0 Å². The Morgan fingerprint density at radius 3 is 1.71 bits per heavy atom. The normalized spacial score (nSPS) is 14.3. The van der Waals surface area contributed by atoms with E-state index in [-0.39, 0.29) is 0 Å². The van der Waals surface area contributed by atoms with Gasteiger partial charge in [-0.1, -0.05) is 24.3 Å². The van der Waals surface area contributed by atoms with Gasteiger partial charge in [-0.05, 0) is 0 Å². The summed E-state index contributed by atoms with van der Waals surface area (Å²) in [4.78, 5) is 0. The van der Waals surface area contributed by atoms with Gasteiger partial charge >= 0.3 is 0 Å². The molecule has 3 N–H and O–H groups in total. The maximum Gasteiger partial charge on any atom is 0.00821 e. The van der Waals surface area contributed by atoms with Crippen LogP contribution in [0.3, 0.4) is 0 Å². The van der Waals surface area contributed by atoms with E-state index in [1.54, 1.807) is 0 Å². The van der Waals surface area contributed by atoms with Crippen LogP contribution in [0.4, 0.5) is 0 Å². The summed E-state index contributed by atoms with van der Waals surface area (Å²) in [5.41, 5.74) is 0. The van der Waals surface area contributed by atoms with Crippen LogP contribution in [0.2, 0.25) is 0 Å². The summed E-state index contributed by atoms with van der Waals surface area (Å²) in [5, 5.41) is 5.35. The molecule has 0 aromatic heterocycles. The fourth-order valence-corrected chi connectivity index (χ4v) is 0.612. The van der Waals surface area contributed by atoms with Gasteiger partial charge in [0.2, 0.25) is 0 Å². The molecule has 0 rings (SSSR count). The van der Waals surface area contributed by atoms with Gasteiger partial charge in [-0.25, -0.2) is 0 Å². The monoisotopic (exact) mass is 123 g/mol. The third-order valence-electron chi connectivity index (χ3n) is 1.000. The second kappa shape index (κ2) is 2.55. The second-order valence-electron chi connectivity index (χ2n) is 1.48. The first-order valence-electron chi connectivity index (χ1n) is 2.41. The van der Waals surface area contributed by atoms with Crippen molar-refractivity contribution in [3.63, 3.8) is 0 Å². The summed E-state index contributed by atoms with van der Waals surface area (Å²) in [7, 11) is -1.66. The van der Waals surface area contributed by atoms with Gasteiger partial charge in [0.25, 0.3) is 0 Å². The molecule has 0 unspecified atom stereocenters. The molecule has 0 spiro atoms. The smallest absolute Gasteiger partial charge is 0.00821 e. The maximum atomic E-state index is 8.99. The van der Waals surface area contributed by atoms with Gasteiger partial charge in [-0.15, -0.1) is 0 Å². The van der Waals surface area contributed by atoms with Gasteiger partial charge in [-0.2, -0.15) is 0 Å². The fourth-order valence-electron chi connectivity index (χ4n) is 0.204. The number of hydrogen-bond donors (Lipinski definition) is 2. The minimum absolute atomic E-state index is 0.712. The number of hydrogen-bond acceptors (Lipinski definition) is 2. The van der Waals surface area contributed by atoms with Crippen molar-refractivity contribution in [2.24, 2.45) is 5.14 Å². The first-order chi connectivity index (χ1) is 3.12. The highest BCUT2D eigenvalue weighted by molar-refractivity contribution is 8.27. The van der Waals surface area contributed by atoms with Crippen LogP contribution in [-0.2, 0) is 0 Å². The number of nitrogens with two attached hydrogens (primary N) is 1. The van der Waals surface area contributed by atoms with E-state index in [1.807, 2.05) is 13.8 Å². The Kier molecular flexibility index (Phi) is 2.64. The lowest BCUT2D eigenvalue weighted by Gasteiger charge is -2.24. The van der Waals surface area contributed by atoms with Crippen LogP contribution >= 0.6 is 10.5 Å². The molecule has 0 aromatic rings. The van der Waals surface area contributed by atoms with E-state index in [2.05, 4.69) is 0 Å². The van der Waals surface area contributed by atoms with E-state index in [4.69, 9.17) is 9.69 Å². The quantitative estimate of drug-likeness (QED) is 0.579. The predicted molar refractivity (Wildman–Crippen MR) is 35.5 cm³/mol. The summed E-state index contributed by atoms with van der Waals surface area (Å²) in [6, 6.07) is 0. The molecule has 2 nitrogen and oxygen atoms in total. The SMILES string of the molecule is CCS(N)(O)CC. The van der Waals surface area contributed by atoms with Crippen molar-refractivity contribution >= 4 is 10.5 Å². The lowest BCUT2D eigenvalue weighted by molar-refractivity contribution is 0.628. The van der Waals surface area contributed by atoms with Crippen molar-refractivity contribution in [1.29, 1.82) is 0 Å². The van der Waals surface area contributed by atoms with Crippen molar-refractivity contribution in [2.75, 3.05) is 11.5 Å². The molecule has 0 bridgehead atoms. The molecule has 3 heteroatoms. The van der Waals surface area contributed by atoms with Crippen LogP contribution in [0.15, 0.2) is 0 Å². The van der Waals surface area contributed by atoms with Gasteiger partial charge in [0, 0.05) is 11.5 Å². The van der Waals surface area contributed by atoms with Crippen LogP contribution in [0.25, 0.3) is 0 Å². The van der Waals surface area contributed by atoms with Gasteiger partial charge in [0.05, 0.1) is 0 Å². The Morgan fingerprint density at radius 1 is 1.43 bits per heavy atom. The minimum Gasteiger partial charge on any atom is -0.339 e. The lowest BCUT2D eigenvalue weighted by Crippen LogP contribution is -2.13. The summed E-state index contributed by atoms with van der Waals surface area (Å²) < 4.78 is 8.99. The molecule has 0 fully saturated rings. The summed E-state index contributed by atoms with van der Waals surface area (Å²) in [6.45, 7) is 3.80. The molecular formula is C4H13NOS. The molecule has 0 aliphatic heterocycles. The molecule has 7 heavy (non-hydrogen) atoms. The topological polar surface area (TPSA) is 46.2 Å². The Morgan fingerprint density at radius 2 is 1.71 bits per heavy atom. The van der Waals surface area contributed by atoms with E-state index in [9.17, 15) is 0 Å².